The van der Waals surface area contributed by atoms with E-state index in [1.54, 1.807) is 0 Å². The summed E-state index contributed by atoms with van der Waals surface area (Å²) >= 11 is -4.47. The van der Waals surface area contributed by atoms with Crippen molar-refractivity contribution in [2.75, 3.05) is 0 Å². The number of para-hydroxylation sites is 1. The zero-order valence-electron chi connectivity index (χ0n) is 20.2. The van der Waals surface area contributed by atoms with Gasteiger partial charge in [-0.05, 0) is 0 Å². The van der Waals surface area contributed by atoms with Crippen LogP contribution in [0.2, 0.25) is 13.1 Å². The molecule has 0 saturated carbocycles. The summed E-state index contributed by atoms with van der Waals surface area (Å²) in [4.78, 5) is 4.74. The second kappa shape index (κ2) is 8.38. The zero-order valence-corrected chi connectivity index (χ0v) is 25.3. The minimum absolute atomic E-state index is 0.121. The Morgan fingerprint density at radius 3 is 2.46 bits per heavy atom. The van der Waals surface area contributed by atoms with Gasteiger partial charge in [-0.1, -0.05) is 0 Å². The molecule has 5 heteroatoms. The van der Waals surface area contributed by atoms with Gasteiger partial charge in [-0.3, -0.25) is 0 Å². The van der Waals surface area contributed by atoms with E-state index in [4.69, 9.17) is 22.0 Å². The number of nitrogens with zero attached hydrogens (tertiary/aromatic N) is 1. The van der Waals surface area contributed by atoms with Gasteiger partial charge in [-0.2, -0.15) is 0 Å². The van der Waals surface area contributed by atoms with E-state index in [0.29, 0.717) is 0 Å². The standard InChI is InChI=1S/C19H14N.C9H7.C2H7Si.2ClH.Zr/c1-13-9-14-6-4-7-17(18(14)10-13)16-11-15-5-2-3-8-19(15)20-12-16;1-2-5-9-7-3-6-8(9)4-1;1-3-2;;;/h2-12H,1H3;1-7H;3H,1-2H3;2*1H;/q;;;;;+2/p-2. The number of aromatic nitrogens is 1. The Hall–Kier alpha value is -1.77. The Labute approximate surface area is 216 Å². The van der Waals surface area contributed by atoms with Crippen LogP contribution in [0.1, 0.15) is 36.4 Å². The van der Waals surface area contributed by atoms with Crippen LogP contribution in [0.3, 0.4) is 0 Å². The van der Waals surface area contributed by atoms with Crippen LogP contribution < -0.4 is 0 Å². The molecule has 6 rings (SSSR count). The number of fused-ring (bicyclic) bond motifs is 3. The Morgan fingerprint density at radius 1 is 0.886 bits per heavy atom. The molecule has 1 heterocycles. The van der Waals surface area contributed by atoms with Gasteiger partial charge in [0.25, 0.3) is 0 Å². The summed E-state index contributed by atoms with van der Waals surface area (Å²) in [5, 5.41) is 1.15. The van der Waals surface area contributed by atoms with Crippen molar-refractivity contribution >= 4 is 46.0 Å². The van der Waals surface area contributed by atoms with Crippen molar-refractivity contribution < 1.29 is 15.6 Å². The van der Waals surface area contributed by atoms with E-state index in [0.717, 1.165) is 16.5 Å². The van der Waals surface area contributed by atoms with E-state index in [1.807, 2.05) is 12.3 Å². The molecule has 0 aliphatic heterocycles. The van der Waals surface area contributed by atoms with Crippen LogP contribution in [0.15, 0.2) is 90.6 Å². The summed E-state index contributed by atoms with van der Waals surface area (Å²) in [5.74, 6) is -1.46. The predicted octanol–water partition coefficient (Wildman–Crippen LogP) is 9.11. The molecule has 2 unspecified atom stereocenters. The van der Waals surface area contributed by atoms with Gasteiger partial charge in [-0.25, -0.2) is 0 Å². The van der Waals surface area contributed by atoms with Gasteiger partial charge >= 0.3 is 218 Å². The van der Waals surface area contributed by atoms with Crippen molar-refractivity contribution in [2.45, 2.75) is 27.3 Å². The van der Waals surface area contributed by atoms with E-state index in [-0.39, 0.29) is 7.25 Å². The first-order valence-corrected chi connectivity index (χ1v) is 28.6. The van der Waals surface area contributed by atoms with Crippen LogP contribution in [0, 0.1) is 0 Å². The first-order valence-electron chi connectivity index (χ1n) is 12.3. The Kier molecular flexibility index (Phi) is 5.66. The molecule has 2 atom stereocenters. The monoisotopic (exact) mass is 590 g/mol. The molecule has 2 aliphatic carbocycles. The number of allylic oxidation sites excluding steroid dienone is 2. The second-order valence-electron chi connectivity index (χ2n) is 10.4. The fourth-order valence-electron chi connectivity index (χ4n) is 6.36. The fourth-order valence-corrected chi connectivity index (χ4v) is 36.5. The summed E-state index contributed by atoms with van der Waals surface area (Å²) < 4.78 is 0.267. The van der Waals surface area contributed by atoms with Crippen LogP contribution in [0.25, 0.3) is 34.2 Å². The number of halogens is 2. The number of hydrogen-bond donors (Lipinski definition) is 0. The zero-order chi connectivity index (χ0) is 24.4. The van der Waals surface area contributed by atoms with Gasteiger partial charge in [-0.15, -0.1) is 0 Å². The third-order valence-corrected chi connectivity index (χ3v) is 60.4. The third-order valence-electron chi connectivity index (χ3n) is 8.23. The maximum absolute atomic E-state index is 8.10. The van der Waals surface area contributed by atoms with Crippen molar-refractivity contribution in [2.24, 2.45) is 0 Å². The molecular formula is C30H28Cl2NSiZr. The predicted molar refractivity (Wildman–Crippen MR) is 152 cm³/mol. The molecule has 4 aromatic rings. The quantitative estimate of drug-likeness (QED) is 0.215. The van der Waals surface area contributed by atoms with Crippen LogP contribution in [-0.4, -0.2) is 10.9 Å². The molecular weight excluding hydrogens is 565 g/mol. The molecule has 35 heavy (non-hydrogen) atoms. The summed E-state index contributed by atoms with van der Waals surface area (Å²) in [7, 11) is 16.2. The van der Waals surface area contributed by atoms with E-state index in [1.165, 1.54) is 33.4 Å². The van der Waals surface area contributed by atoms with Gasteiger partial charge in [0.15, 0.2) is 0 Å². The Balaban J connectivity index is 1.54. The minimum atomic E-state index is -4.47. The topological polar surface area (TPSA) is 12.9 Å². The Bertz CT molecular complexity index is 1560. The first kappa shape index (κ1) is 23.6. The molecule has 175 valence electrons. The van der Waals surface area contributed by atoms with Crippen LogP contribution in [0.5, 0.6) is 0 Å². The van der Waals surface area contributed by atoms with Crippen LogP contribution in [0.4, 0.5) is 0 Å². The molecule has 1 aromatic heterocycles. The number of pyridine rings is 1. The molecule has 2 aliphatic rings. The van der Waals surface area contributed by atoms with E-state index >= 15 is 0 Å². The van der Waals surface area contributed by atoms with Crippen molar-refractivity contribution in [3.05, 3.63) is 113 Å². The van der Waals surface area contributed by atoms with Crippen molar-refractivity contribution in [3.8, 4) is 11.1 Å². The fraction of sp³-hybridized carbons (Fsp3) is 0.167. The summed E-state index contributed by atoms with van der Waals surface area (Å²) in [5.41, 5.74) is 9.84. The van der Waals surface area contributed by atoms with Gasteiger partial charge in [0.2, 0.25) is 0 Å². The molecule has 1 nitrogen and oxygen atoms in total. The molecule has 0 radical (unpaired) electrons. The molecule has 0 spiro atoms. The van der Waals surface area contributed by atoms with Gasteiger partial charge in [0.05, 0.1) is 0 Å². The first-order chi connectivity index (χ1) is 16.8. The molecule has 0 saturated heterocycles. The summed E-state index contributed by atoms with van der Waals surface area (Å²) in [6, 6.07) is 25.8. The SMILES string of the molecule is CC1=Cc2c(-c3cnc4ccccc4c3)cccc2[CH]1[Zr]([Cl])([Cl])([CH]1C=Cc2ccccc21)[SiH](C)C. The second-order valence-corrected chi connectivity index (χ2v) is 53.0. The number of benzene rings is 3. The molecule has 0 fully saturated rings. The summed E-state index contributed by atoms with van der Waals surface area (Å²) in [6.45, 7) is 7.00. The van der Waals surface area contributed by atoms with Crippen molar-refractivity contribution in [1.29, 1.82) is 0 Å². The van der Waals surface area contributed by atoms with E-state index < -0.39 is 21.5 Å². The van der Waals surface area contributed by atoms with E-state index in [2.05, 4.69) is 105 Å². The molecule has 3 aromatic carbocycles. The van der Waals surface area contributed by atoms with Crippen LogP contribution >= 0.6 is 17.0 Å². The van der Waals surface area contributed by atoms with Crippen LogP contribution in [-0.2, 0) is 15.6 Å². The molecule has 0 amide bonds. The van der Waals surface area contributed by atoms with Gasteiger partial charge in [0.1, 0.15) is 0 Å². The van der Waals surface area contributed by atoms with Gasteiger partial charge in [0, 0.05) is 0 Å². The normalized spacial score (nSPS) is 19.9. The third kappa shape index (κ3) is 3.46. The molecule has 0 N–H and O–H groups in total. The van der Waals surface area contributed by atoms with E-state index in [9.17, 15) is 0 Å². The maximum atomic E-state index is 8.10. The molecule has 0 bridgehead atoms. The van der Waals surface area contributed by atoms with Gasteiger partial charge < -0.3 is 0 Å². The number of hydrogen-bond acceptors (Lipinski definition) is 1. The average Bonchev–Trinajstić information content (AvgIpc) is 3.45. The average molecular weight is 593 g/mol. The summed E-state index contributed by atoms with van der Waals surface area (Å²) in [6.07, 6.45) is 8.91. The Morgan fingerprint density at radius 2 is 1.63 bits per heavy atom. The number of rotatable bonds is 4. The van der Waals surface area contributed by atoms with Crippen molar-refractivity contribution in [3.63, 3.8) is 0 Å². The van der Waals surface area contributed by atoms with Crippen molar-refractivity contribution in [1.82, 2.24) is 4.98 Å².